The molecule has 2 saturated heterocycles. The maximum absolute atomic E-state index is 16.2. The minimum Gasteiger partial charge on any atom is -0.492 e. The van der Waals surface area contributed by atoms with E-state index in [-0.39, 0.29) is 24.1 Å². The lowest BCUT2D eigenvalue weighted by molar-refractivity contribution is -0.0375. The first-order valence-electron chi connectivity index (χ1n) is 14.7. The van der Waals surface area contributed by atoms with Crippen molar-refractivity contribution in [3.63, 3.8) is 0 Å². The van der Waals surface area contributed by atoms with E-state index in [4.69, 9.17) is 23.9 Å². The van der Waals surface area contributed by atoms with Gasteiger partial charge in [0.2, 0.25) is 5.95 Å². The fourth-order valence-corrected chi connectivity index (χ4v) is 5.45. The first-order chi connectivity index (χ1) is 20.4. The molecule has 0 aliphatic carbocycles. The van der Waals surface area contributed by atoms with Crippen LogP contribution in [0, 0.1) is 11.8 Å². The van der Waals surface area contributed by atoms with Gasteiger partial charge in [0.05, 0.1) is 28.6 Å². The second-order valence-corrected chi connectivity index (χ2v) is 11.9. The van der Waals surface area contributed by atoms with Crippen molar-refractivity contribution in [3.8, 4) is 5.75 Å². The lowest BCUT2D eigenvalue weighted by Gasteiger charge is -2.32. The Morgan fingerprint density at radius 1 is 1.14 bits per heavy atom. The maximum Gasteiger partial charge on any atom is 0.491 e. The largest absolute Gasteiger partial charge is 0.492 e. The number of nitrogens with zero attached hydrogens (tertiary/aromatic N) is 2. The molecule has 9 nitrogen and oxygen atoms in total. The summed E-state index contributed by atoms with van der Waals surface area (Å²) in [5.41, 5.74) is 1.17. The zero-order valence-electron chi connectivity index (χ0n) is 25.2. The summed E-state index contributed by atoms with van der Waals surface area (Å²) in [5.74, 6) is -0.723. The van der Waals surface area contributed by atoms with Gasteiger partial charge in [-0.15, -0.1) is 5.10 Å². The minimum atomic E-state index is -1.13. The van der Waals surface area contributed by atoms with Gasteiger partial charge in [-0.05, 0) is 88.2 Å². The van der Waals surface area contributed by atoms with Gasteiger partial charge in [0, 0.05) is 18.2 Å². The monoisotopic (exact) mass is 597 g/mol. The van der Waals surface area contributed by atoms with Crippen LogP contribution in [-0.4, -0.2) is 59.1 Å². The summed E-state index contributed by atoms with van der Waals surface area (Å²) in [6, 6.07) is 9.85. The van der Waals surface area contributed by atoms with E-state index in [9.17, 15) is 4.79 Å². The predicted octanol–water partition coefficient (Wildman–Crippen LogP) is 6.50. The van der Waals surface area contributed by atoms with Gasteiger partial charge in [0.1, 0.15) is 18.2 Å². The van der Waals surface area contributed by atoms with E-state index in [1.54, 1.807) is 24.3 Å². The van der Waals surface area contributed by atoms with Gasteiger partial charge in [0.25, 0.3) is 0 Å². The number of halogens is 2. The molecule has 230 valence electrons. The number of amides is 1. The Hall–Kier alpha value is -3.48. The van der Waals surface area contributed by atoms with Crippen molar-refractivity contribution in [2.24, 2.45) is 0 Å². The fraction of sp³-hybridized carbons (Fsp3) is 0.484. The van der Waals surface area contributed by atoms with Crippen LogP contribution in [-0.2, 0) is 14.0 Å². The van der Waals surface area contributed by atoms with E-state index in [2.05, 4.69) is 10.4 Å². The van der Waals surface area contributed by atoms with Gasteiger partial charge in [-0.3, -0.25) is 0 Å². The quantitative estimate of drug-likeness (QED) is 0.214. The molecule has 1 amide bonds. The summed E-state index contributed by atoms with van der Waals surface area (Å²) in [5, 5.41) is 15.3. The van der Waals surface area contributed by atoms with E-state index < -0.39 is 42.4 Å². The van der Waals surface area contributed by atoms with Crippen LogP contribution >= 0.6 is 0 Å². The number of allylic oxidation sites excluding steroid dienone is 1. The topological polar surface area (TPSA) is 104 Å². The molecule has 0 bridgehead atoms. The Bertz CT molecular complexity index is 1500. The minimum absolute atomic E-state index is 0.126. The van der Waals surface area contributed by atoms with Crippen molar-refractivity contribution in [2.45, 2.75) is 77.7 Å². The van der Waals surface area contributed by atoms with E-state index in [1.165, 1.54) is 16.8 Å². The summed E-state index contributed by atoms with van der Waals surface area (Å²) < 4.78 is 57.3. The smallest absolute Gasteiger partial charge is 0.491 e. The van der Waals surface area contributed by atoms with Crippen molar-refractivity contribution < 1.29 is 37.5 Å². The molecule has 2 aromatic carbocycles. The standard InChI is InChI=1S/C31H38BF2N3O6/c1-6-23(32-42-30(2,3)31(4,5)43-32)27(19-10-12-20(13-11-19)40-16-14-35-29(38)39)21-17-22-25(18-24(21)33)37(36-28(22)34)26-9-7-8-15-41-26/h10-13,17-18,26,35H,6-9,14-16H2,1-5H3,(H,38,39). The van der Waals surface area contributed by atoms with Gasteiger partial charge in [-0.25, -0.2) is 13.9 Å². The van der Waals surface area contributed by atoms with Crippen molar-refractivity contribution in [1.82, 2.24) is 15.1 Å². The molecule has 2 N–H and O–H groups in total. The number of hydrogen-bond acceptors (Lipinski definition) is 6. The van der Waals surface area contributed by atoms with Gasteiger partial charge in [0.15, 0.2) is 6.23 Å². The van der Waals surface area contributed by atoms with Crippen molar-refractivity contribution >= 4 is 29.7 Å². The Morgan fingerprint density at radius 2 is 1.84 bits per heavy atom. The van der Waals surface area contributed by atoms with Gasteiger partial charge in [-0.2, -0.15) is 4.39 Å². The number of nitrogens with one attached hydrogen (secondary N) is 1. The highest BCUT2D eigenvalue weighted by atomic mass is 19.1. The van der Waals surface area contributed by atoms with E-state index in [0.717, 1.165) is 12.8 Å². The van der Waals surface area contributed by atoms with Crippen molar-refractivity contribution in [1.29, 1.82) is 0 Å². The average molecular weight is 597 g/mol. The number of carbonyl (C=O) groups is 1. The highest BCUT2D eigenvalue weighted by Gasteiger charge is 2.52. The third-order valence-corrected chi connectivity index (χ3v) is 8.48. The van der Waals surface area contributed by atoms with Crippen LogP contribution in [0.5, 0.6) is 5.75 Å². The maximum atomic E-state index is 16.2. The third-order valence-electron chi connectivity index (χ3n) is 8.48. The molecule has 1 atom stereocenters. The first-order valence-corrected chi connectivity index (χ1v) is 14.7. The fourth-order valence-electron chi connectivity index (χ4n) is 5.45. The Kier molecular flexibility index (Phi) is 8.83. The van der Waals surface area contributed by atoms with Crippen LogP contribution < -0.4 is 10.1 Å². The number of carboxylic acid groups (broad SMARTS) is 1. The molecule has 2 aliphatic heterocycles. The average Bonchev–Trinajstić information content (AvgIpc) is 3.40. The molecule has 2 fully saturated rings. The summed E-state index contributed by atoms with van der Waals surface area (Å²) in [6.07, 6.45) is 1.41. The van der Waals surface area contributed by atoms with Gasteiger partial charge in [-0.1, -0.05) is 19.1 Å². The SMILES string of the molecule is CCC(B1OC(C)(C)C(C)(C)O1)=C(c1ccc(OCCNC(=O)O)cc1)c1cc2c(F)nn(C3CCCCO3)c2cc1F. The Morgan fingerprint density at radius 3 is 2.44 bits per heavy atom. The summed E-state index contributed by atoms with van der Waals surface area (Å²) >= 11 is 0. The van der Waals surface area contributed by atoms with E-state index in [1.807, 2.05) is 34.6 Å². The lowest BCUT2D eigenvalue weighted by Crippen LogP contribution is -2.41. The van der Waals surface area contributed by atoms with Gasteiger partial charge >= 0.3 is 13.2 Å². The predicted molar refractivity (Wildman–Crippen MR) is 159 cm³/mol. The normalized spacial score (nSPS) is 20.3. The number of benzene rings is 2. The van der Waals surface area contributed by atoms with E-state index >= 15 is 8.78 Å². The molecule has 12 heteroatoms. The van der Waals surface area contributed by atoms with E-state index in [0.29, 0.717) is 47.3 Å². The molecule has 1 unspecified atom stereocenters. The molecule has 0 radical (unpaired) electrons. The summed E-state index contributed by atoms with van der Waals surface area (Å²) in [7, 11) is -0.763. The second-order valence-electron chi connectivity index (χ2n) is 11.9. The van der Waals surface area contributed by atoms with Crippen LogP contribution in [0.15, 0.2) is 41.9 Å². The molecule has 0 saturated carbocycles. The number of ether oxygens (including phenoxy) is 2. The molecular formula is C31H38BF2N3O6. The Labute approximate surface area is 250 Å². The van der Waals surface area contributed by atoms with Crippen LogP contribution in [0.2, 0.25) is 0 Å². The lowest BCUT2D eigenvalue weighted by atomic mass is 9.70. The third kappa shape index (κ3) is 6.27. The number of rotatable bonds is 9. The van der Waals surface area contributed by atoms with Gasteiger partial charge < -0.3 is 29.2 Å². The molecule has 0 spiro atoms. The van der Waals surface area contributed by atoms with Crippen LogP contribution in [0.4, 0.5) is 13.6 Å². The van der Waals surface area contributed by atoms with Crippen LogP contribution in [0.3, 0.4) is 0 Å². The number of hydrogen-bond donors (Lipinski definition) is 2. The molecular weight excluding hydrogens is 559 g/mol. The molecule has 3 heterocycles. The summed E-state index contributed by atoms with van der Waals surface area (Å²) in [6.45, 7) is 10.6. The zero-order valence-corrected chi connectivity index (χ0v) is 25.2. The molecule has 2 aliphatic rings. The summed E-state index contributed by atoms with van der Waals surface area (Å²) in [4.78, 5) is 10.7. The number of fused-ring (bicyclic) bond motifs is 1. The Balaban J connectivity index is 1.60. The highest BCUT2D eigenvalue weighted by molar-refractivity contribution is 6.56. The molecule has 43 heavy (non-hydrogen) atoms. The number of aromatic nitrogens is 2. The van der Waals surface area contributed by atoms with Crippen molar-refractivity contribution in [2.75, 3.05) is 19.8 Å². The second kappa shape index (κ2) is 12.3. The molecule has 1 aromatic heterocycles. The van der Waals surface area contributed by atoms with Crippen LogP contribution in [0.1, 0.15) is 77.7 Å². The first kappa shape index (κ1) is 31.0. The molecule has 3 aromatic rings. The van der Waals surface area contributed by atoms with Crippen molar-refractivity contribution in [3.05, 3.63) is 64.8 Å². The van der Waals surface area contributed by atoms with Crippen LogP contribution in [0.25, 0.3) is 16.5 Å². The molecule has 5 rings (SSSR count). The zero-order chi connectivity index (χ0) is 30.9. The highest BCUT2D eigenvalue weighted by Crippen LogP contribution is 2.43.